The summed E-state index contributed by atoms with van der Waals surface area (Å²) < 4.78 is 0. The van der Waals surface area contributed by atoms with E-state index in [2.05, 4.69) is 10.3 Å². The van der Waals surface area contributed by atoms with Gasteiger partial charge >= 0.3 is 0 Å². The minimum Gasteiger partial charge on any atom is -0.370 e. The molecule has 0 saturated carbocycles. The smallest absolute Gasteiger partial charge is 0.219 e. The summed E-state index contributed by atoms with van der Waals surface area (Å²) in [5.41, 5.74) is 10.2. The fraction of sp³-hybridized carbons (Fsp3) is 0.714. The fourth-order valence-corrected chi connectivity index (χ4v) is 0.640. The molecule has 0 aromatic carbocycles. The van der Waals surface area contributed by atoms with Gasteiger partial charge in [0.15, 0.2) is 5.96 Å². The molecule has 12 heavy (non-hydrogen) atoms. The SMILES string of the molecule is CCC(=O)NCCCN=C(N)N. The second kappa shape index (κ2) is 6.45. The Hall–Kier alpha value is -1.26. The highest BCUT2D eigenvalue weighted by atomic mass is 16.1. The molecule has 70 valence electrons. The van der Waals surface area contributed by atoms with Crippen LogP contribution < -0.4 is 16.8 Å². The van der Waals surface area contributed by atoms with E-state index >= 15 is 0 Å². The molecule has 0 fully saturated rings. The van der Waals surface area contributed by atoms with E-state index in [-0.39, 0.29) is 11.9 Å². The molecule has 0 aliphatic rings. The van der Waals surface area contributed by atoms with E-state index in [0.29, 0.717) is 19.5 Å². The molecule has 0 spiro atoms. The predicted octanol–water partition coefficient (Wildman–Crippen LogP) is -0.824. The summed E-state index contributed by atoms with van der Waals surface area (Å²) in [5, 5.41) is 2.72. The number of carbonyl (C=O) groups is 1. The molecule has 5 nitrogen and oxygen atoms in total. The Morgan fingerprint density at radius 1 is 1.50 bits per heavy atom. The molecule has 0 unspecified atom stereocenters. The molecule has 0 heterocycles. The van der Waals surface area contributed by atoms with Crippen molar-refractivity contribution >= 4 is 11.9 Å². The normalized spacial score (nSPS) is 9.08. The number of carbonyl (C=O) groups excluding carboxylic acids is 1. The first kappa shape index (κ1) is 10.7. The van der Waals surface area contributed by atoms with Crippen molar-refractivity contribution in [2.24, 2.45) is 16.5 Å². The van der Waals surface area contributed by atoms with Crippen LogP contribution >= 0.6 is 0 Å². The van der Waals surface area contributed by atoms with Crippen molar-refractivity contribution in [1.29, 1.82) is 0 Å². The molecule has 0 saturated heterocycles. The summed E-state index contributed by atoms with van der Waals surface area (Å²) in [6.07, 6.45) is 1.28. The number of hydrogen-bond donors (Lipinski definition) is 3. The van der Waals surface area contributed by atoms with E-state index in [0.717, 1.165) is 6.42 Å². The Morgan fingerprint density at radius 2 is 2.17 bits per heavy atom. The monoisotopic (exact) mass is 172 g/mol. The zero-order valence-corrected chi connectivity index (χ0v) is 7.34. The van der Waals surface area contributed by atoms with Gasteiger partial charge in [0.05, 0.1) is 0 Å². The van der Waals surface area contributed by atoms with Crippen LogP contribution in [0.5, 0.6) is 0 Å². The molecule has 0 aromatic heterocycles. The van der Waals surface area contributed by atoms with E-state index in [4.69, 9.17) is 11.5 Å². The van der Waals surface area contributed by atoms with Crippen LogP contribution in [-0.4, -0.2) is 25.0 Å². The van der Waals surface area contributed by atoms with Gasteiger partial charge in [-0.15, -0.1) is 0 Å². The molecule has 0 atom stereocenters. The summed E-state index contributed by atoms with van der Waals surface area (Å²) in [6, 6.07) is 0. The Morgan fingerprint density at radius 3 is 2.67 bits per heavy atom. The number of aliphatic imine (C=N–C) groups is 1. The summed E-state index contributed by atoms with van der Waals surface area (Å²) in [4.78, 5) is 14.5. The largest absolute Gasteiger partial charge is 0.370 e. The minimum atomic E-state index is 0.0553. The number of guanidine groups is 1. The highest BCUT2D eigenvalue weighted by molar-refractivity contribution is 5.76. The van der Waals surface area contributed by atoms with Gasteiger partial charge in [-0.25, -0.2) is 0 Å². The maximum absolute atomic E-state index is 10.7. The van der Waals surface area contributed by atoms with E-state index in [9.17, 15) is 4.79 Å². The molecule has 0 aliphatic carbocycles. The zero-order valence-electron chi connectivity index (χ0n) is 7.34. The van der Waals surface area contributed by atoms with Crippen molar-refractivity contribution in [2.75, 3.05) is 13.1 Å². The first-order valence-corrected chi connectivity index (χ1v) is 3.99. The standard InChI is InChI=1S/C7H16N4O/c1-2-6(12)10-4-3-5-11-7(8)9/h2-5H2,1H3,(H,10,12)(H4,8,9,11). The van der Waals surface area contributed by atoms with E-state index in [1.165, 1.54) is 0 Å². The molecular weight excluding hydrogens is 156 g/mol. The highest BCUT2D eigenvalue weighted by Crippen LogP contribution is 1.80. The number of nitrogens with two attached hydrogens (primary N) is 2. The average Bonchev–Trinajstić information content (AvgIpc) is 2.03. The molecule has 0 rings (SSSR count). The van der Waals surface area contributed by atoms with Crippen molar-refractivity contribution in [1.82, 2.24) is 5.32 Å². The summed E-state index contributed by atoms with van der Waals surface area (Å²) >= 11 is 0. The first-order chi connectivity index (χ1) is 5.66. The van der Waals surface area contributed by atoms with E-state index in [1.54, 1.807) is 0 Å². The van der Waals surface area contributed by atoms with Crippen molar-refractivity contribution in [2.45, 2.75) is 19.8 Å². The molecule has 5 heteroatoms. The van der Waals surface area contributed by atoms with Gasteiger partial charge in [-0.1, -0.05) is 6.92 Å². The number of nitrogens with zero attached hydrogens (tertiary/aromatic N) is 1. The second-order valence-corrected chi connectivity index (χ2v) is 2.36. The third kappa shape index (κ3) is 6.85. The molecule has 5 N–H and O–H groups in total. The van der Waals surface area contributed by atoms with Crippen LogP contribution in [0.1, 0.15) is 19.8 Å². The Kier molecular flexibility index (Phi) is 5.77. The number of amides is 1. The van der Waals surface area contributed by atoms with E-state index in [1.807, 2.05) is 6.92 Å². The van der Waals surface area contributed by atoms with Crippen LogP contribution in [0.15, 0.2) is 4.99 Å². The second-order valence-electron chi connectivity index (χ2n) is 2.36. The van der Waals surface area contributed by atoms with Crippen LogP contribution in [0.3, 0.4) is 0 Å². The third-order valence-corrected chi connectivity index (χ3v) is 1.27. The lowest BCUT2D eigenvalue weighted by atomic mass is 10.4. The van der Waals surface area contributed by atoms with Crippen molar-refractivity contribution in [3.8, 4) is 0 Å². The van der Waals surface area contributed by atoms with Gasteiger partial charge < -0.3 is 16.8 Å². The van der Waals surface area contributed by atoms with Gasteiger partial charge in [0.2, 0.25) is 5.91 Å². The lowest BCUT2D eigenvalue weighted by Crippen LogP contribution is -2.25. The summed E-state index contributed by atoms with van der Waals surface area (Å²) in [7, 11) is 0. The Balaban J connectivity index is 3.22. The highest BCUT2D eigenvalue weighted by Gasteiger charge is 1.93. The van der Waals surface area contributed by atoms with Crippen LogP contribution in [0.25, 0.3) is 0 Å². The number of hydrogen-bond acceptors (Lipinski definition) is 2. The molecule has 0 radical (unpaired) electrons. The van der Waals surface area contributed by atoms with E-state index < -0.39 is 0 Å². The summed E-state index contributed by atoms with van der Waals surface area (Å²) in [6.45, 7) is 3.00. The van der Waals surface area contributed by atoms with Crippen LogP contribution in [0, 0.1) is 0 Å². The van der Waals surface area contributed by atoms with Crippen molar-refractivity contribution < 1.29 is 4.79 Å². The fourth-order valence-electron chi connectivity index (χ4n) is 0.640. The quantitative estimate of drug-likeness (QED) is 0.287. The van der Waals surface area contributed by atoms with Gasteiger partial charge in [-0.2, -0.15) is 0 Å². The van der Waals surface area contributed by atoms with Gasteiger partial charge in [-0.3, -0.25) is 9.79 Å². The van der Waals surface area contributed by atoms with Gasteiger partial charge in [0.25, 0.3) is 0 Å². The Bertz CT molecular complexity index is 163. The van der Waals surface area contributed by atoms with Gasteiger partial charge in [0, 0.05) is 19.5 Å². The average molecular weight is 172 g/mol. The first-order valence-electron chi connectivity index (χ1n) is 3.99. The maximum atomic E-state index is 10.7. The topological polar surface area (TPSA) is 93.5 Å². The predicted molar refractivity (Wildman–Crippen MR) is 48.6 cm³/mol. The number of nitrogens with one attached hydrogen (secondary N) is 1. The van der Waals surface area contributed by atoms with Crippen molar-refractivity contribution in [3.63, 3.8) is 0 Å². The molecule has 0 bridgehead atoms. The molecule has 1 amide bonds. The van der Waals surface area contributed by atoms with Gasteiger partial charge in [0.1, 0.15) is 0 Å². The molecule has 0 aliphatic heterocycles. The maximum Gasteiger partial charge on any atom is 0.219 e. The number of rotatable bonds is 5. The van der Waals surface area contributed by atoms with Crippen LogP contribution in [-0.2, 0) is 4.79 Å². The van der Waals surface area contributed by atoms with Crippen LogP contribution in [0.4, 0.5) is 0 Å². The third-order valence-electron chi connectivity index (χ3n) is 1.27. The minimum absolute atomic E-state index is 0.0553. The lowest BCUT2D eigenvalue weighted by molar-refractivity contribution is -0.120. The molecule has 0 aromatic rings. The Labute approximate surface area is 72.2 Å². The molecular formula is C7H16N4O. The van der Waals surface area contributed by atoms with Crippen LogP contribution in [0.2, 0.25) is 0 Å². The van der Waals surface area contributed by atoms with Gasteiger partial charge in [-0.05, 0) is 6.42 Å². The summed E-state index contributed by atoms with van der Waals surface area (Å²) in [5.74, 6) is 0.150. The lowest BCUT2D eigenvalue weighted by Gasteiger charge is -2.00. The van der Waals surface area contributed by atoms with Crippen molar-refractivity contribution in [3.05, 3.63) is 0 Å². The zero-order chi connectivity index (χ0) is 9.40.